The minimum Gasteiger partial charge on any atom is -0.481 e. The smallest absolute Gasteiger partial charge is 0.329 e. The molecule has 0 saturated heterocycles. The van der Waals surface area contributed by atoms with E-state index in [0.29, 0.717) is 0 Å². The number of aliphatic carboxylic acids is 3. The molecule has 0 amide bonds. The summed E-state index contributed by atoms with van der Waals surface area (Å²) in [5, 5.41) is 31.8. The van der Waals surface area contributed by atoms with Crippen LogP contribution in [0, 0.1) is 7.43 Å². The third kappa shape index (κ3) is 23.6. The van der Waals surface area contributed by atoms with Gasteiger partial charge in [-0.3, -0.25) is 9.59 Å². The molecule has 0 radical (unpaired) electrons. The molecule has 8 heteroatoms. The Labute approximate surface area is 198 Å². The number of carboxylic acid groups (broad SMARTS) is 3. The number of hydrogen-bond donors (Lipinski definition) is 4. The van der Waals surface area contributed by atoms with Crippen LogP contribution in [0.1, 0.15) is 36.8 Å². The van der Waals surface area contributed by atoms with Crippen LogP contribution in [0.2, 0.25) is 0 Å². The average Bonchev–Trinajstić information content (AvgIpc) is 2.70. The zero-order valence-corrected chi connectivity index (χ0v) is 19.8. The molecule has 0 saturated carbocycles. The topological polar surface area (TPSA) is 132 Å². The number of hydrogen-bond acceptors (Lipinski definition) is 4. The number of carbonyl (C=O) groups is 3. The van der Waals surface area contributed by atoms with Crippen molar-refractivity contribution in [2.75, 3.05) is 6.61 Å². The maximum Gasteiger partial charge on any atom is 0.329 e. The number of carboxylic acids is 3. The van der Waals surface area contributed by atoms with Gasteiger partial charge in [0.05, 0.1) is 0 Å². The van der Waals surface area contributed by atoms with Gasteiger partial charge in [0.2, 0.25) is 0 Å². The van der Waals surface area contributed by atoms with Crippen molar-refractivity contribution in [3.8, 4) is 0 Å². The molecule has 0 aliphatic rings. The first-order valence-electron chi connectivity index (χ1n) is 9.19. The van der Waals surface area contributed by atoms with E-state index in [1.54, 1.807) is 0 Å². The summed E-state index contributed by atoms with van der Waals surface area (Å²) in [5.74, 6) is -2.62. The van der Waals surface area contributed by atoms with Crippen LogP contribution in [0.3, 0.4) is 0 Å². The van der Waals surface area contributed by atoms with E-state index < -0.39 is 24.5 Å². The van der Waals surface area contributed by atoms with Crippen LogP contribution in [-0.2, 0) is 48.3 Å². The first-order chi connectivity index (χ1) is 13.8. The van der Waals surface area contributed by atoms with Crippen LogP contribution in [0.25, 0.3) is 0 Å². The van der Waals surface area contributed by atoms with Gasteiger partial charge >= 0.3 is 17.9 Å². The number of benzene rings is 2. The molecule has 7 nitrogen and oxygen atoms in total. The molecule has 0 aliphatic carbocycles. The van der Waals surface area contributed by atoms with Crippen LogP contribution < -0.4 is 0 Å². The Morgan fingerprint density at radius 2 is 0.903 bits per heavy atom. The Morgan fingerprint density at radius 3 is 1.13 bits per heavy atom. The maximum absolute atomic E-state index is 10.2. The predicted molar refractivity (Wildman–Crippen MR) is 115 cm³/mol. The van der Waals surface area contributed by atoms with Gasteiger partial charge in [0.15, 0.2) is 0 Å². The Balaban J connectivity index is -0.000000397. The first kappa shape index (κ1) is 33.1. The molecule has 31 heavy (non-hydrogen) atoms. The molecule has 4 N–H and O–H groups in total. The van der Waals surface area contributed by atoms with Crippen molar-refractivity contribution >= 4 is 17.9 Å². The molecule has 0 bridgehead atoms. The van der Waals surface area contributed by atoms with Gasteiger partial charge in [-0.1, -0.05) is 60.7 Å². The minimum absolute atomic E-state index is 0. The summed E-state index contributed by atoms with van der Waals surface area (Å²) >= 11 is 0. The summed E-state index contributed by atoms with van der Waals surface area (Å²) in [7, 11) is 0. The molecule has 0 fully saturated rings. The van der Waals surface area contributed by atoms with Gasteiger partial charge in [0.1, 0.15) is 6.61 Å². The van der Waals surface area contributed by atoms with Crippen LogP contribution in [0.4, 0.5) is 0 Å². The largest absolute Gasteiger partial charge is 0.481 e. The number of aryl methyl sites for hydroxylation is 2. The average molecular weight is 615 g/mol. The summed E-state index contributed by atoms with van der Waals surface area (Å²) in [4.78, 5) is 29.5. The molecule has 0 spiro atoms. The zero-order valence-electron chi connectivity index (χ0n) is 17.6. The van der Waals surface area contributed by atoms with Crippen molar-refractivity contribution in [1.29, 1.82) is 0 Å². The van der Waals surface area contributed by atoms with Crippen molar-refractivity contribution in [1.82, 2.24) is 0 Å². The Bertz CT molecular complexity index is 651. The molecule has 2 aromatic carbocycles. The Morgan fingerprint density at radius 1 is 0.613 bits per heavy atom. The van der Waals surface area contributed by atoms with Crippen molar-refractivity contribution in [3.63, 3.8) is 0 Å². The quantitative estimate of drug-likeness (QED) is 0.317. The molecule has 0 unspecified atom stereocenters. The van der Waals surface area contributed by atoms with Crippen LogP contribution in [0.15, 0.2) is 60.7 Å². The third-order valence-corrected chi connectivity index (χ3v) is 3.53. The first-order valence-corrected chi connectivity index (χ1v) is 9.19. The second kappa shape index (κ2) is 22.2. The fraction of sp³-hybridized carbons (Fsp3) is 0.304. The van der Waals surface area contributed by atoms with Gasteiger partial charge in [0, 0.05) is 33.9 Å². The molecule has 0 aromatic heterocycles. The molecule has 0 aliphatic heterocycles. The van der Waals surface area contributed by atoms with Crippen molar-refractivity contribution in [3.05, 3.63) is 79.2 Å². The van der Waals surface area contributed by atoms with E-state index in [1.165, 1.54) is 11.1 Å². The van der Waals surface area contributed by atoms with Crippen molar-refractivity contribution < 1.29 is 55.9 Å². The van der Waals surface area contributed by atoms with Gasteiger partial charge in [0.25, 0.3) is 0 Å². The molecule has 2 rings (SSSR count). The Hall–Kier alpha value is -2.50. The summed E-state index contributed by atoms with van der Waals surface area (Å²) in [6.45, 7) is -0.778. The molecular formula is C23H31O7Pt-. The second-order valence-corrected chi connectivity index (χ2v) is 6.02. The second-order valence-electron chi connectivity index (χ2n) is 6.02. The molecule has 0 heterocycles. The van der Waals surface area contributed by atoms with Crippen LogP contribution in [0.5, 0.6) is 0 Å². The van der Waals surface area contributed by atoms with Gasteiger partial charge < -0.3 is 27.9 Å². The summed E-state index contributed by atoms with van der Waals surface area (Å²) in [5.41, 5.74) is 2.41. The predicted octanol–water partition coefficient (Wildman–Crippen LogP) is 3.70. The normalized spacial score (nSPS) is 8.68. The van der Waals surface area contributed by atoms with E-state index >= 15 is 0 Å². The van der Waals surface area contributed by atoms with Gasteiger partial charge in [-0.15, -0.1) is 0 Å². The van der Waals surface area contributed by atoms with Crippen LogP contribution >= 0.6 is 0 Å². The van der Waals surface area contributed by atoms with E-state index in [2.05, 4.69) is 0 Å². The number of aliphatic hydroxyl groups excluding tert-OH is 1. The van der Waals surface area contributed by atoms with Crippen molar-refractivity contribution in [2.24, 2.45) is 0 Å². The number of aliphatic hydroxyl groups is 1. The molecule has 176 valence electrons. The van der Waals surface area contributed by atoms with Crippen LogP contribution in [-0.4, -0.2) is 44.9 Å². The molecular weight excluding hydrogens is 583 g/mol. The molecule has 0 atom stereocenters. The minimum atomic E-state index is -1.19. The zero-order chi connectivity index (χ0) is 21.9. The van der Waals surface area contributed by atoms with E-state index in [0.717, 1.165) is 25.7 Å². The van der Waals surface area contributed by atoms with E-state index in [1.807, 2.05) is 60.7 Å². The van der Waals surface area contributed by atoms with E-state index in [4.69, 9.17) is 25.2 Å². The van der Waals surface area contributed by atoms with E-state index in [-0.39, 0.29) is 41.3 Å². The summed E-state index contributed by atoms with van der Waals surface area (Å²) < 4.78 is 0. The summed E-state index contributed by atoms with van der Waals surface area (Å²) in [6, 6.07) is 19.9. The SMILES string of the molecule is O=C(O)CCCc1ccccc1.O=C(O)CCCc1ccccc1.O=C(O)CO.[CH3-].[Pt]. The van der Waals surface area contributed by atoms with Gasteiger partial charge in [-0.05, 0) is 36.8 Å². The third-order valence-electron chi connectivity index (χ3n) is 3.53. The van der Waals surface area contributed by atoms with Gasteiger partial charge in [-0.2, -0.15) is 0 Å². The number of rotatable bonds is 9. The monoisotopic (exact) mass is 614 g/mol. The Kier molecular flexibility index (Phi) is 23.7. The standard InChI is InChI=1S/2C10H12O2.C2H4O3.CH3.Pt/c2*11-10(12)8-4-7-9-5-2-1-3-6-9;3-1-2(4)5;;/h2*1-3,5-6H,4,7-8H2,(H,11,12);3H,1H2,(H,4,5);1H3;/q;;;-1;. The van der Waals surface area contributed by atoms with E-state index in [9.17, 15) is 9.59 Å². The fourth-order valence-electron chi connectivity index (χ4n) is 2.18. The van der Waals surface area contributed by atoms with Crippen molar-refractivity contribution in [2.45, 2.75) is 38.5 Å². The fourth-order valence-corrected chi connectivity index (χ4v) is 2.18. The molecule has 2 aromatic rings. The summed E-state index contributed by atoms with van der Waals surface area (Å²) in [6.07, 6.45) is 3.67. The van der Waals surface area contributed by atoms with Gasteiger partial charge in [-0.25, -0.2) is 4.79 Å². The maximum atomic E-state index is 10.2.